The number of carbonyl (C=O) groups is 1. The fourth-order valence-corrected chi connectivity index (χ4v) is 2.91. The van der Waals surface area contributed by atoms with Crippen LogP contribution in [0, 0.1) is 18.6 Å². The fourth-order valence-electron chi connectivity index (χ4n) is 2.29. The van der Waals surface area contributed by atoms with Gasteiger partial charge in [-0.05, 0) is 37.4 Å². The monoisotopic (exact) mass is 361 g/mol. The molecule has 0 saturated heterocycles. The fraction of sp³-hybridized carbons (Fsp3) is 0.118. The Morgan fingerprint density at radius 3 is 2.52 bits per heavy atom. The van der Waals surface area contributed by atoms with Crippen LogP contribution in [0.3, 0.4) is 0 Å². The number of carbonyl (C=O) groups excluding carboxylic acids is 1. The van der Waals surface area contributed by atoms with E-state index in [2.05, 4.69) is 15.3 Å². The highest BCUT2D eigenvalue weighted by molar-refractivity contribution is 7.98. The number of aromatic nitrogens is 2. The highest BCUT2D eigenvalue weighted by Gasteiger charge is 2.20. The standard InChI is InChI=1S/C17H13F2N3O2S/c1-9-14(16(23)21-12-7-10(18)6-11(19)8-12)17(25-2)22-15(20-9)13-4-3-5-24-13/h3-8H,1-2H3,(H,21,23). The molecule has 0 aliphatic rings. The SMILES string of the molecule is CSc1nc(-c2ccco2)nc(C)c1C(=O)Nc1cc(F)cc(F)c1. The first-order valence-electron chi connectivity index (χ1n) is 7.22. The van der Waals surface area contributed by atoms with Crippen LogP contribution in [-0.2, 0) is 0 Å². The summed E-state index contributed by atoms with van der Waals surface area (Å²) in [7, 11) is 0. The summed E-state index contributed by atoms with van der Waals surface area (Å²) >= 11 is 1.26. The van der Waals surface area contributed by atoms with Crippen molar-refractivity contribution in [3.8, 4) is 11.6 Å². The summed E-state index contributed by atoms with van der Waals surface area (Å²) in [5.74, 6) is -1.25. The van der Waals surface area contributed by atoms with Gasteiger partial charge in [0.15, 0.2) is 11.6 Å². The molecule has 0 radical (unpaired) electrons. The molecular formula is C17H13F2N3O2S. The summed E-state index contributed by atoms with van der Waals surface area (Å²) in [5.41, 5.74) is 0.691. The van der Waals surface area contributed by atoms with Gasteiger partial charge in [-0.2, -0.15) is 0 Å². The van der Waals surface area contributed by atoms with E-state index in [4.69, 9.17) is 4.42 Å². The van der Waals surface area contributed by atoms with Crippen molar-refractivity contribution in [1.82, 2.24) is 9.97 Å². The zero-order valence-corrected chi connectivity index (χ0v) is 14.2. The van der Waals surface area contributed by atoms with Crippen molar-refractivity contribution >= 4 is 23.4 Å². The topological polar surface area (TPSA) is 68.0 Å². The first kappa shape index (κ1) is 17.1. The van der Waals surface area contributed by atoms with E-state index in [9.17, 15) is 13.6 Å². The summed E-state index contributed by atoms with van der Waals surface area (Å²) in [6, 6.07) is 6.23. The van der Waals surface area contributed by atoms with Crippen LogP contribution in [0.5, 0.6) is 0 Å². The lowest BCUT2D eigenvalue weighted by Crippen LogP contribution is -2.17. The van der Waals surface area contributed by atoms with Crippen molar-refractivity contribution in [2.45, 2.75) is 11.9 Å². The van der Waals surface area contributed by atoms with Gasteiger partial charge in [0.25, 0.3) is 5.91 Å². The lowest BCUT2D eigenvalue weighted by molar-refractivity contribution is 0.102. The van der Waals surface area contributed by atoms with Crippen molar-refractivity contribution in [3.63, 3.8) is 0 Å². The van der Waals surface area contributed by atoms with Gasteiger partial charge >= 0.3 is 0 Å². The first-order chi connectivity index (χ1) is 12.0. The predicted molar refractivity (Wildman–Crippen MR) is 90.6 cm³/mol. The molecule has 0 fully saturated rings. The number of furan rings is 1. The molecule has 5 nitrogen and oxygen atoms in total. The van der Waals surface area contributed by atoms with Crippen LogP contribution in [0.25, 0.3) is 11.6 Å². The van der Waals surface area contributed by atoms with E-state index in [1.54, 1.807) is 25.3 Å². The number of benzene rings is 1. The molecule has 1 N–H and O–H groups in total. The Morgan fingerprint density at radius 1 is 1.20 bits per heavy atom. The lowest BCUT2D eigenvalue weighted by Gasteiger charge is -2.12. The van der Waals surface area contributed by atoms with Gasteiger partial charge in [0.2, 0.25) is 0 Å². The van der Waals surface area contributed by atoms with Crippen LogP contribution in [-0.4, -0.2) is 22.1 Å². The highest BCUT2D eigenvalue weighted by atomic mass is 32.2. The maximum Gasteiger partial charge on any atom is 0.260 e. The number of hydrogen-bond donors (Lipinski definition) is 1. The third-order valence-electron chi connectivity index (χ3n) is 3.34. The Bertz CT molecular complexity index is 910. The highest BCUT2D eigenvalue weighted by Crippen LogP contribution is 2.26. The molecule has 128 valence electrons. The van der Waals surface area contributed by atoms with E-state index in [0.29, 0.717) is 22.3 Å². The Balaban J connectivity index is 1.97. The Labute approximate surface area is 146 Å². The van der Waals surface area contributed by atoms with E-state index in [-0.39, 0.29) is 11.3 Å². The third-order valence-corrected chi connectivity index (χ3v) is 4.02. The van der Waals surface area contributed by atoms with Gasteiger partial charge in [-0.1, -0.05) is 0 Å². The zero-order valence-electron chi connectivity index (χ0n) is 13.3. The molecule has 0 bridgehead atoms. The molecule has 25 heavy (non-hydrogen) atoms. The smallest absolute Gasteiger partial charge is 0.260 e. The van der Waals surface area contributed by atoms with Gasteiger partial charge in [-0.15, -0.1) is 11.8 Å². The quantitative estimate of drug-likeness (QED) is 0.554. The molecule has 0 aliphatic carbocycles. The van der Waals surface area contributed by atoms with Crippen LogP contribution >= 0.6 is 11.8 Å². The lowest BCUT2D eigenvalue weighted by atomic mass is 10.2. The number of halogens is 2. The second kappa shape index (κ2) is 7.02. The number of nitrogens with one attached hydrogen (secondary N) is 1. The van der Waals surface area contributed by atoms with Crippen molar-refractivity contribution < 1.29 is 18.0 Å². The molecule has 3 rings (SSSR count). The summed E-state index contributed by atoms with van der Waals surface area (Å²) in [5, 5.41) is 2.91. The molecule has 1 amide bonds. The molecule has 8 heteroatoms. The summed E-state index contributed by atoms with van der Waals surface area (Å²) in [4.78, 5) is 21.2. The number of thioether (sulfide) groups is 1. The van der Waals surface area contributed by atoms with Crippen molar-refractivity contribution in [1.29, 1.82) is 0 Å². The predicted octanol–water partition coefficient (Wildman–Crippen LogP) is 4.30. The normalized spacial score (nSPS) is 10.7. The average Bonchev–Trinajstić information content (AvgIpc) is 3.07. The maximum atomic E-state index is 13.3. The molecule has 0 spiro atoms. The number of aryl methyl sites for hydroxylation is 1. The minimum Gasteiger partial charge on any atom is -0.461 e. The molecule has 1 aromatic carbocycles. The second-order valence-electron chi connectivity index (χ2n) is 5.11. The number of rotatable bonds is 4. The van der Waals surface area contributed by atoms with Crippen LogP contribution in [0.2, 0.25) is 0 Å². The summed E-state index contributed by atoms with van der Waals surface area (Å²) in [6.07, 6.45) is 3.28. The van der Waals surface area contributed by atoms with Gasteiger partial charge in [-0.3, -0.25) is 4.79 Å². The molecule has 0 unspecified atom stereocenters. The average molecular weight is 361 g/mol. The largest absolute Gasteiger partial charge is 0.461 e. The minimum atomic E-state index is -0.776. The van der Waals surface area contributed by atoms with Crippen LogP contribution in [0.1, 0.15) is 16.1 Å². The molecule has 0 saturated carbocycles. The van der Waals surface area contributed by atoms with E-state index < -0.39 is 17.5 Å². The molecule has 3 aromatic rings. The van der Waals surface area contributed by atoms with Gasteiger partial charge < -0.3 is 9.73 Å². The van der Waals surface area contributed by atoms with E-state index in [1.165, 1.54) is 18.0 Å². The number of amides is 1. The Hall–Kier alpha value is -2.74. The zero-order chi connectivity index (χ0) is 18.0. The molecule has 0 atom stereocenters. The molecule has 0 aliphatic heterocycles. The number of anilines is 1. The minimum absolute atomic E-state index is 0.0177. The van der Waals surface area contributed by atoms with Crippen LogP contribution in [0.4, 0.5) is 14.5 Å². The van der Waals surface area contributed by atoms with Gasteiger partial charge in [0.1, 0.15) is 16.7 Å². The van der Waals surface area contributed by atoms with Crippen molar-refractivity contribution in [2.24, 2.45) is 0 Å². The van der Waals surface area contributed by atoms with Gasteiger partial charge in [0, 0.05) is 11.8 Å². The number of nitrogens with zero attached hydrogens (tertiary/aromatic N) is 2. The first-order valence-corrected chi connectivity index (χ1v) is 8.44. The number of hydrogen-bond acceptors (Lipinski definition) is 5. The summed E-state index contributed by atoms with van der Waals surface area (Å²) < 4.78 is 31.8. The van der Waals surface area contributed by atoms with E-state index in [1.807, 2.05) is 0 Å². The van der Waals surface area contributed by atoms with E-state index in [0.717, 1.165) is 18.2 Å². The Morgan fingerprint density at radius 2 is 1.92 bits per heavy atom. The summed E-state index contributed by atoms with van der Waals surface area (Å²) in [6.45, 7) is 1.66. The van der Waals surface area contributed by atoms with Gasteiger partial charge in [0.05, 0.1) is 17.5 Å². The van der Waals surface area contributed by atoms with Crippen LogP contribution in [0.15, 0.2) is 46.0 Å². The van der Waals surface area contributed by atoms with E-state index >= 15 is 0 Å². The van der Waals surface area contributed by atoms with Crippen molar-refractivity contribution in [2.75, 3.05) is 11.6 Å². The van der Waals surface area contributed by atoms with Crippen LogP contribution < -0.4 is 5.32 Å². The molecular weight excluding hydrogens is 348 g/mol. The third kappa shape index (κ3) is 3.69. The molecule has 2 heterocycles. The van der Waals surface area contributed by atoms with Crippen molar-refractivity contribution in [3.05, 3.63) is 59.5 Å². The maximum absolute atomic E-state index is 13.3. The Kier molecular flexibility index (Phi) is 4.80. The molecule has 2 aromatic heterocycles. The second-order valence-corrected chi connectivity index (χ2v) is 5.90. The van der Waals surface area contributed by atoms with Gasteiger partial charge in [-0.25, -0.2) is 18.7 Å².